The molecule has 1 aromatic heterocycles. The fraction of sp³-hybridized carbons (Fsp3) is 0.727. The van der Waals surface area contributed by atoms with E-state index in [1.165, 1.54) is 0 Å². The van der Waals surface area contributed by atoms with Gasteiger partial charge in [0.05, 0.1) is 31.6 Å². The van der Waals surface area contributed by atoms with Crippen LogP contribution >= 0.6 is 0 Å². The Hall–Kier alpha value is -0.910. The van der Waals surface area contributed by atoms with E-state index in [4.69, 9.17) is 15.2 Å². The Morgan fingerprint density at radius 2 is 2.31 bits per heavy atom. The monoisotopic (exact) mass is 227 g/mol. The highest BCUT2D eigenvalue weighted by molar-refractivity contribution is 5.06. The molecule has 0 radical (unpaired) electrons. The SMILES string of the molecule is CCCn1nccc1C(N)COCCOC. The first-order valence-electron chi connectivity index (χ1n) is 5.63. The van der Waals surface area contributed by atoms with E-state index in [1.54, 1.807) is 13.3 Å². The van der Waals surface area contributed by atoms with E-state index in [0.29, 0.717) is 19.8 Å². The molecule has 0 aliphatic carbocycles. The second-order valence-corrected chi connectivity index (χ2v) is 3.65. The molecule has 1 heterocycles. The highest BCUT2D eigenvalue weighted by atomic mass is 16.5. The molecule has 2 N–H and O–H groups in total. The standard InChI is InChI=1S/C11H21N3O2/c1-3-6-14-11(4-5-13-14)10(12)9-16-8-7-15-2/h4-5,10H,3,6-9,12H2,1-2H3. The summed E-state index contributed by atoms with van der Waals surface area (Å²) < 4.78 is 12.2. The molecule has 16 heavy (non-hydrogen) atoms. The average Bonchev–Trinajstić information content (AvgIpc) is 2.73. The van der Waals surface area contributed by atoms with Crippen molar-refractivity contribution in [3.63, 3.8) is 0 Å². The van der Waals surface area contributed by atoms with Gasteiger partial charge in [-0.1, -0.05) is 6.92 Å². The van der Waals surface area contributed by atoms with Gasteiger partial charge >= 0.3 is 0 Å². The van der Waals surface area contributed by atoms with Crippen LogP contribution in [0.4, 0.5) is 0 Å². The van der Waals surface area contributed by atoms with Crippen molar-refractivity contribution < 1.29 is 9.47 Å². The van der Waals surface area contributed by atoms with Crippen molar-refractivity contribution in [3.8, 4) is 0 Å². The van der Waals surface area contributed by atoms with Gasteiger partial charge in [0.15, 0.2) is 0 Å². The minimum absolute atomic E-state index is 0.120. The van der Waals surface area contributed by atoms with Crippen molar-refractivity contribution in [2.24, 2.45) is 5.73 Å². The predicted octanol–water partition coefficient (Wildman–Crippen LogP) is 0.956. The number of hydrogen-bond donors (Lipinski definition) is 1. The van der Waals surface area contributed by atoms with Gasteiger partial charge in [-0.2, -0.15) is 5.10 Å². The van der Waals surface area contributed by atoms with E-state index < -0.39 is 0 Å². The lowest BCUT2D eigenvalue weighted by Crippen LogP contribution is -2.22. The van der Waals surface area contributed by atoms with Crippen LogP contribution in [0, 0.1) is 0 Å². The smallest absolute Gasteiger partial charge is 0.0704 e. The van der Waals surface area contributed by atoms with E-state index in [0.717, 1.165) is 18.7 Å². The normalized spacial score (nSPS) is 12.9. The maximum Gasteiger partial charge on any atom is 0.0704 e. The van der Waals surface area contributed by atoms with Crippen LogP contribution in [0.2, 0.25) is 0 Å². The molecule has 0 amide bonds. The summed E-state index contributed by atoms with van der Waals surface area (Å²) in [7, 11) is 1.65. The van der Waals surface area contributed by atoms with Crippen LogP contribution < -0.4 is 5.73 Å². The number of rotatable bonds is 8. The molecule has 5 nitrogen and oxygen atoms in total. The zero-order valence-electron chi connectivity index (χ0n) is 10.1. The van der Waals surface area contributed by atoms with Gasteiger partial charge in [-0.3, -0.25) is 4.68 Å². The number of aryl methyl sites for hydroxylation is 1. The van der Waals surface area contributed by atoms with Crippen molar-refractivity contribution in [2.45, 2.75) is 25.9 Å². The van der Waals surface area contributed by atoms with Crippen molar-refractivity contribution in [1.29, 1.82) is 0 Å². The fourth-order valence-electron chi connectivity index (χ4n) is 1.49. The highest BCUT2D eigenvalue weighted by Gasteiger charge is 2.11. The maximum absolute atomic E-state index is 6.03. The molecule has 0 aromatic carbocycles. The Kier molecular flexibility index (Phi) is 6.07. The highest BCUT2D eigenvalue weighted by Crippen LogP contribution is 2.10. The third kappa shape index (κ3) is 3.92. The summed E-state index contributed by atoms with van der Waals surface area (Å²) in [6, 6.07) is 1.82. The third-order valence-electron chi connectivity index (χ3n) is 2.29. The largest absolute Gasteiger partial charge is 0.382 e. The zero-order valence-corrected chi connectivity index (χ0v) is 10.1. The lowest BCUT2D eigenvalue weighted by molar-refractivity contribution is 0.0625. The van der Waals surface area contributed by atoms with Gasteiger partial charge in [0.25, 0.3) is 0 Å². The Morgan fingerprint density at radius 1 is 1.50 bits per heavy atom. The molecule has 0 spiro atoms. The van der Waals surface area contributed by atoms with Crippen LogP contribution in [0.25, 0.3) is 0 Å². The van der Waals surface area contributed by atoms with Crippen molar-refractivity contribution in [1.82, 2.24) is 9.78 Å². The molecule has 5 heteroatoms. The number of nitrogens with two attached hydrogens (primary N) is 1. The second kappa shape index (κ2) is 7.38. The maximum atomic E-state index is 6.03. The number of nitrogens with zero attached hydrogens (tertiary/aromatic N) is 2. The van der Waals surface area contributed by atoms with Crippen LogP contribution in [0.5, 0.6) is 0 Å². The first kappa shape index (κ1) is 13.2. The number of methoxy groups -OCH3 is 1. The first-order valence-corrected chi connectivity index (χ1v) is 5.63. The van der Waals surface area contributed by atoms with E-state index in [2.05, 4.69) is 12.0 Å². The molecule has 92 valence electrons. The molecule has 1 aromatic rings. The lowest BCUT2D eigenvalue weighted by Gasteiger charge is -2.14. The van der Waals surface area contributed by atoms with Crippen molar-refractivity contribution >= 4 is 0 Å². The Bertz CT molecular complexity index is 289. The first-order chi connectivity index (χ1) is 7.79. The molecular formula is C11H21N3O2. The average molecular weight is 227 g/mol. The molecule has 0 aliphatic heterocycles. The summed E-state index contributed by atoms with van der Waals surface area (Å²) in [6.07, 6.45) is 2.83. The van der Waals surface area contributed by atoms with Crippen molar-refractivity contribution in [2.75, 3.05) is 26.9 Å². The molecule has 0 saturated carbocycles. The minimum atomic E-state index is -0.120. The van der Waals surface area contributed by atoms with Crippen LogP contribution in [0.15, 0.2) is 12.3 Å². The fourth-order valence-corrected chi connectivity index (χ4v) is 1.49. The molecule has 0 saturated heterocycles. The van der Waals surface area contributed by atoms with Gasteiger partial charge in [-0.15, -0.1) is 0 Å². The predicted molar refractivity (Wildman–Crippen MR) is 62.1 cm³/mol. The van der Waals surface area contributed by atoms with E-state index in [-0.39, 0.29) is 6.04 Å². The summed E-state index contributed by atoms with van der Waals surface area (Å²) in [6.45, 7) is 4.69. The Balaban J connectivity index is 2.39. The van der Waals surface area contributed by atoms with Gasteiger partial charge in [0.1, 0.15) is 0 Å². The van der Waals surface area contributed by atoms with Crippen LogP contribution in [0.1, 0.15) is 25.1 Å². The van der Waals surface area contributed by atoms with E-state index in [1.807, 2.05) is 10.7 Å². The van der Waals surface area contributed by atoms with Gasteiger partial charge in [-0.05, 0) is 12.5 Å². The van der Waals surface area contributed by atoms with Crippen molar-refractivity contribution in [3.05, 3.63) is 18.0 Å². The quantitative estimate of drug-likeness (QED) is 0.672. The lowest BCUT2D eigenvalue weighted by atomic mass is 10.2. The summed E-state index contributed by atoms with van der Waals surface area (Å²) >= 11 is 0. The van der Waals surface area contributed by atoms with Gasteiger partial charge in [-0.25, -0.2) is 0 Å². The van der Waals surface area contributed by atoms with Crippen LogP contribution in [-0.4, -0.2) is 36.7 Å². The molecule has 0 fully saturated rings. The summed E-state index contributed by atoms with van der Waals surface area (Å²) in [5.74, 6) is 0. The number of ether oxygens (including phenoxy) is 2. The van der Waals surface area contributed by atoms with Gasteiger partial charge in [0, 0.05) is 19.9 Å². The van der Waals surface area contributed by atoms with Crippen LogP contribution in [0.3, 0.4) is 0 Å². The summed E-state index contributed by atoms with van der Waals surface area (Å²) in [5.41, 5.74) is 7.05. The second-order valence-electron chi connectivity index (χ2n) is 3.65. The third-order valence-corrected chi connectivity index (χ3v) is 2.29. The Morgan fingerprint density at radius 3 is 3.00 bits per heavy atom. The molecule has 0 bridgehead atoms. The van der Waals surface area contributed by atoms with E-state index >= 15 is 0 Å². The topological polar surface area (TPSA) is 62.3 Å². The molecular weight excluding hydrogens is 206 g/mol. The van der Waals surface area contributed by atoms with Crippen LogP contribution in [-0.2, 0) is 16.0 Å². The zero-order chi connectivity index (χ0) is 11.8. The Labute approximate surface area is 96.5 Å². The van der Waals surface area contributed by atoms with E-state index in [9.17, 15) is 0 Å². The number of aromatic nitrogens is 2. The molecule has 0 aliphatic rings. The number of hydrogen-bond acceptors (Lipinski definition) is 4. The molecule has 1 atom stereocenters. The molecule has 1 rings (SSSR count). The summed E-state index contributed by atoms with van der Waals surface area (Å²) in [5, 5.41) is 4.23. The van der Waals surface area contributed by atoms with Gasteiger partial charge in [0.2, 0.25) is 0 Å². The summed E-state index contributed by atoms with van der Waals surface area (Å²) in [4.78, 5) is 0. The minimum Gasteiger partial charge on any atom is -0.382 e. The molecule has 1 unspecified atom stereocenters. The van der Waals surface area contributed by atoms with Gasteiger partial charge < -0.3 is 15.2 Å².